The van der Waals surface area contributed by atoms with Gasteiger partial charge in [0.15, 0.2) is 0 Å². The first kappa shape index (κ1) is 31.3. The van der Waals surface area contributed by atoms with E-state index >= 15 is 0 Å². The average molecular weight is 567 g/mol. The third-order valence-corrected chi connectivity index (χ3v) is 8.14. The highest BCUT2D eigenvalue weighted by Crippen LogP contribution is 2.35. The van der Waals surface area contributed by atoms with Gasteiger partial charge in [0.1, 0.15) is 11.5 Å². The number of hydrogen-bond donors (Lipinski definition) is 2. The molecule has 8 nitrogen and oxygen atoms in total. The molecule has 2 aromatic rings. The van der Waals surface area contributed by atoms with Crippen molar-refractivity contribution in [2.45, 2.75) is 59.1 Å². The number of carbonyl (C=O) groups is 1. The van der Waals surface area contributed by atoms with Crippen LogP contribution in [0.15, 0.2) is 36.4 Å². The first-order valence-electron chi connectivity index (χ1n) is 15.4. The third kappa shape index (κ3) is 9.43. The Morgan fingerprint density at radius 1 is 0.854 bits per heavy atom. The minimum atomic E-state index is -0.171. The number of piperazine rings is 1. The second-order valence-electron chi connectivity index (χ2n) is 11.8. The number of likely N-dealkylation sites (tertiary alicyclic amines) is 1. The molecule has 0 radical (unpaired) electrons. The lowest BCUT2D eigenvalue weighted by molar-refractivity contribution is -0.123. The number of aliphatic hydroxyl groups excluding tert-OH is 1. The molecule has 8 heteroatoms. The third-order valence-electron chi connectivity index (χ3n) is 8.14. The van der Waals surface area contributed by atoms with Gasteiger partial charge in [0, 0.05) is 58.4 Å². The van der Waals surface area contributed by atoms with Crippen LogP contribution in [0.2, 0.25) is 0 Å². The molecule has 0 bridgehead atoms. The van der Waals surface area contributed by atoms with Crippen molar-refractivity contribution in [3.8, 4) is 22.6 Å². The summed E-state index contributed by atoms with van der Waals surface area (Å²) < 4.78 is 12.4. The van der Waals surface area contributed by atoms with E-state index in [1.165, 1.54) is 11.1 Å². The number of ether oxygens (including phenoxy) is 2. The molecule has 2 aliphatic rings. The maximum atomic E-state index is 12.0. The van der Waals surface area contributed by atoms with Gasteiger partial charge in [0.25, 0.3) is 0 Å². The Balaban J connectivity index is 1.22. The molecule has 2 saturated heterocycles. The fourth-order valence-electron chi connectivity index (χ4n) is 5.82. The fourth-order valence-corrected chi connectivity index (χ4v) is 5.82. The van der Waals surface area contributed by atoms with E-state index in [1.807, 2.05) is 19.9 Å². The van der Waals surface area contributed by atoms with Crippen LogP contribution in [-0.2, 0) is 4.79 Å². The van der Waals surface area contributed by atoms with Gasteiger partial charge >= 0.3 is 0 Å². The number of β-amino-alcohol motifs (C(OH)–C–C–N with tert-alkyl or cyclic N) is 1. The molecule has 226 valence electrons. The standard InChI is InChI=1S/C33H50N4O4/c1-25(2)34-33(39)24-37-19-17-35(18-20-37)14-7-21-40-31-11-5-9-29(26(31)3)30-10-6-12-32(27(30)4)41-22-8-15-36-16-13-28(38)23-36/h5-6,9-12,25,28,38H,7-8,13-24H2,1-4H3,(H,34,39)/t28-/m1/s1. The van der Waals surface area contributed by atoms with Crippen LogP contribution >= 0.6 is 0 Å². The SMILES string of the molecule is Cc1c(OCCCN2CCN(CC(=O)NC(C)C)CC2)cccc1-c1cccc(OCCCN2CC[C@@H](O)C2)c1C. The van der Waals surface area contributed by atoms with Crippen LogP contribution in [0.1, 0.15) is 44.2 Å². The van der Waals surface area contributed by atoms with Crippen LogP contribution in [0.3, 0.4) is 0 Å². The summed E-state index contributed by atoms with van der Waals surface area (Å²) in [5, 5.41) is 12.7. The van der Waals surface area contributed by atoms with E-state index in [0.29, 0.717) is 19.8 Å². The zero-order valence-corrected chi connectivity index (χ0v) is 25.5. The lowest BCUT2D eigenvalue weighted by Crippen LogP contribution is -2.50. The summed E-state index contributed by atoms with van der Waals surface area (Å²) in [4.78, 5) is 19.0. The minimum absolute atomic E-state index is 0.115. The van der Waals surface area contributed by atoms with Crippen LogP contribution < -0.4 is 14.8 Å². The molecule has 2 aliphatic heterocycles. The monoisotopic (exact) mass is 566 g/mol. The molecule has 2 heterocycles. The number of hydrogen-bond acceptors (Lipinski definition) is 7. The van der Waals surface area contributed by atoms with E-state index in [1.54, 1.807) is 0 Å². The lowest BCUT2D eigenvalue weighted by atomic mass is 9.95. The molecule has 0 aliphatic carbocycles. The first-order valence-corrected chi connectivity index (χ1v) is 15.4. The number of amides is 1. The highest BCUT2D eigenvalue weighted by Gasteiger charge is 2.20. The van der Waals surface area contributed by atoms with Gasteiger partial charge in [-0.25, -0.2) is 0 Å². The average Bonchev–Trinajstić information content (AvgIpc) is 3.36. The van der Waals surface area contributed by atoms with Gasteiger partial charge in [-0.05, 0) is 81.3 Å². The summed E-state index contributed by atoms with van der Waals surface area (Å²) in [6.45, 7) is 17.6. The second kappa shape index (κ2) is 15.5. The second-order valence-corrected chi connectivity index (χ2v) is 11.8. The predicted octanol–water partition coefficient (Wildman–Crippen LogP) is 3.72. The van der Waals surface area contributed by atoms with Crippen LogP contribution in [0, 0.1) is 13.8 Å². The van der Waals surface area contributed by atoms with Crippen molar-refractivity contribution in [3.63, 3.8) is 0 Å². The zero-order chi connectivity index (χ0) is 29.2. The van der Waals surface area contributed by atoms with E-state index in [9.17, 15) is 9.90 Å². The van der Waals surface area contributed by atoms with E-state index < -0.39 is 0 Å². The Bertz CT molecular complexity index is 1120. The van der Waals surface area contributed by atoms with Crippen LogP contribution in [0.4, 0.5) is 0 Å². The Morgan fingerprint density at radius 2 is 1.39 bits per heavy atom. The molecule has 0 spiro atoms. The van der Waals surface area contributed by atoms with Gasteiger partial charge in [-0.3, -0.25) is 9.69 Å². The molecule has 2 fully saturated rings. The molecule has 2 N–H and O–H groups in total. The molecule has 4 rings (SSSR count). The van der Waals surface area contributed by atoms with Gasteiger partial charge < -0.3 is 29.7 Å². The lowest BCUT2D eigenvalue weighted by Gasteiger charge is -2.34. The van der Waals surface area contributed by atoms with Crippen molar-refractivity contribution in [3.05, 3.63) is 47.5 Å². The summed E-state index contributed by atoms with van der Waals surface area (Å²) >= 11 is 0. The maximum absolute atomic E-state index is 12.0. The smallest absolute Gasteiger partial charge is 0.234 e. The number of nitrogens with zero attached hydrogens (tertiary/aromatic N) is 3. The number of benzene rings is 2. The normalized spacial score (nSPS) is 18.6. The summed E-state index contributed by atoms with van der Waals surface area (Å²) in [6, 6.07) is 12.8. The van der Waals surface area contributed by atoms with Gasteiger partial charge in [-0.15, -0.1) is 0 Å². The van der Waals surface area contributed by atoms with Crippen molar-refractivity contribution in [2.24, 2.45) is 0 Å². The largest absolute Gasteiger partial charge is 0.493 e. The van der Waals surface area contributed by atoms with Crippen molar-refractivity contribution in [2.75, 3.05) is 72.1 Å². The highest BCUT2D eigenvalue weighted by molar-refractivity contribution is 5.78. The number of nitrogens with one attached hydrogen (secondary N) is 1. The van der Waals surface area contributed by atoms with Crippen molar-refractivity contribution >= 4 is 5.91 Å². The minimum Gasteiger partial charge on any atom is -0.493 e. The van der Waals surface area contributed by atoms with Gasteiger partial charge in [0.05, 0.1) is 25.9 Å². The van der Waals surface area contributed by atoms with Gasteiger partial charge in [-0.1, -0.05) is 24.3 Å². The zero-order valence-electron chi connectivity index (χ0n) is 25.5. The van der Waals surface area contributed by atoms with Crippen molar-refractivity contribution in [1.29, 1.82) is 0 Å². The molecule has 41 heavy (non-hydrogen) atoms. The predicted molar refractivity (Wildman–Crippen MR) is 165 cm³/mol. The van der Waals surface area contributed by atoms with Crippen LogP contribution in [-0.4, -0.2) is 110 Å². The highest BCUT2D eigenvalue weighted by atomic mass is 16.5. The molecule has 2 aromatic carbocycles. The molecule has 0 unspecified atom stereocenters. The Morgan fingerprint density at radius 3 is 1.90 bits per heavy atom. The number of aliphatic hydroxyl groups is 1. The van der Waals surface area contributed by atoms with Gasteiger partial charge in [0.2, 0.25) is 5.91 Å². The van der Waals surface area contributed by atoms with Gasteiger partial charge in [-0.2, -0.15) is 0 Å². The molecule has 0 aromatic heterocycles. The number of carbonyl (C=O) groups excluding carboxylic acids is 1. The van der Waals surface area contributed by atoms with Crippen molar-refractivity contribution in [1.82, 2.24) is 20.0 Å². The summed E-state index contributed by atoms with van der Waals surface area (Å²) in [7, 11) is 0. The fraction of sp³-hybridized carbons (Fsp3) is 0.606. The molecule has 0 saturated carbocycles. The van der Waals surface area contributed by atoms with Crippen molar-refractivity contribution < 1.29 is 19.4 Å². The molecule has 1 amide bonds. The Kier molecular flexibility index (Phi) is 11.9. The number of rotatable bonds is 14. The molecular weight excluding hydrogens is 516 g/mol. The van der Waals surface area contributed by atoms with E-state index in [2.05, 4.69) is 64.2 Å². The van der Waals surface area contributed by atoms with E-state index in [0.717, 1.165) is 94.2 Å². The van der Waals surface area contributed by atoms with E-state index in [4.69, 9.17) is 9.47 Å². The summed E-state index contributed by atoms with van der Waals surface area (Å²) in [5.74, 6) is 1.97. The van der Waals surface area contributed by atoms with E-state index in [-0.39, 0.29) is 18.1 Å². The summed E-state index contributed by atoms with van der Waals surface area (Å²) in [5.41, 5.74) is 4.64. The maximum Gasteiger partial charge on any atom is 0.234 e. The van der Waals surface area contributed by atoms with Crippen LogP contribution in [0.25, 0.3) is 11.1 Å². The first-order chi connectivity index (χ1) is 19.8. The quantitative estimate of drug-likeness (QED) is 0.338. The molecular formula is C33H50N4O4. The Hall–Kier alpha value is -2.65. The van der Waals surface area contributed by atoms with Crippen LogP contribution in [0.5, 0.6) is 11.5 Å². The summed E-state index contributed by atoms with van der Waals surface area (Å²) in [6.07, 6.45) is 2.62. The topological polar surface area (TPSA) is 77.5 Å². The molecule has 1 atom stereocenters. The Labute approximate surface area is 246 Å².